The molecule has 2 aromatic carbocycles. The molecule has 28 heavy (non-hydrogen) atoms. The van der Waals surface area contributed by atoms with Crippen LogP contribution in [-0.4, -0.2) is 19.7 Å². The Kier molecular flexibility index (Phi) is 5.69. The molecule has 0 aliphatic rings. The molecule has 140 valence electrons. The minimum atomic E-state index is -0.343. The van der Waals surface area contributed by atoms with E-state index in [1.807, 2.05) is 30.3 Å². The van der Waals surface area contributed by atoms with Gasteiger partial charge >= 0.3 is 0 Å². The van der Waals surface area contributed by atoms with Gasteiger partial charge in [-0.2, -0.15) is 0 Å². The Hall–Kier alpha value is -2.70. The normalized spacial score (nSPS) is 10.9. The van der Waals surface area contributed by atoms with Gasteiger partial charge in [0.25, 0.3) is 0 Å². The third kappa shape index (κ3) is 4.24. The van der Waals surface area contributed by atoms with E-state index in [2.05, 4.69) is 31.9 Å². The Morgan fingerprint density at radius 2 is 1.86 bits per heavy atom. The summed E-state index contributed by atoms with van der Waals surface area (Å²) in [4.78, 5) is 4.19. The second-order valence-corrected chi connectivity index (χ2v) is 7.49. The zero-order valence-electron chi connectivity index (χ0n) is 14.8. The van der Waals surface area contributed by atoms with Gasteiger partial charge in [-0.25, -0.2) is 4.39 Å². The number of aromatic nitrogens is 4. The van der Waals surface area contributed by atoms with Gasteiger partial charge in [-0.3, -0.25) is 9.55 Å². The first-order chi connectivity index (χ1) is 13.7. The number of hydrogen-bond acceptors (Lipinski definition) is 4. The van der Waals surface area contributed by atoms with E-state index in [0.29, 0.717) is 17.3 Å². The molecule has 0 radical (unpaired) electrons. The largest absolute Gasteiger partial charge is 0.297 e. The van der Waals surface area contributed by atoms with Crippen molar-refractivity contribution in [2.45, 2.75) is 17.5 Å². The van der Waals surface area contributed by atoms with E-state index in [4.69, 9.17) is 11.6 Å². The highest BCUT2D eigenvalue weighted by molar-refractivity contribution is 7.98. The van der Waals surface area contributed by atoms with E-state index >= 15 is 0 Å². The van der Waals surface area contributed by atoms with Crippen molar-refractivity contribution in [2.24, 2.45) is 0 Å². The monoisotopic (exact) mass is 410 g/mol. The number of nitrogens with zero attached hydrogens (tertiary/aromatic N) is 4. The zero-order chi connectivity index (χ0) is 19.3. The number of thioether (sulfide) groups is 1. The van der Waals surface area contributed by atoms with Crippen LogP contribution in [0.5, 0.6) is 0 Å². The summed E-state index contributed by atoms with van der Waals surface area (Å²) in [5, 5.41) is 9.95. The lowest BCUT2D eigenvalue weighted by Crippen LogP contribution is -2.04. The van der Waals surface area contributed by atoms with Crippen molar-refractivity contribution >= 4 is 23.4 Å². The van der Waals surface area contributed by atoms with Crippen molar-refractivity contribution < 1.29 is 4.39 Å². The van der Waals surface area contributed by atoms with Crippen LogP contribution in [-0.2, 0) is 12.3 Å². The summed E-state index contributed by atoms with van der Waals surface area (Å²) < 4.78 is 15.3. The van der Waals surface area contributed by atoms with Gasteiger partial charge in [0, 0.05) is 28.7 Å². The Morgan fingerprint density at radius 1 is 1.00 bits per heavy atom. The van der Waals surface area contributed by atoms with Crippen molar-refractivity contribution in [3.8, 4) is 11.4 Å². The van der Waals surface area contributed by atoms with Crippen LogP contribution in [0.3, 0.4) is 0 Å². The lowest BCUT2D eigenvalue weighted by molar-refractivity contribution is 0.627. The summed E-state index contributed by atoms with van der Waals surface area (Å²) >= 11 is 7.68. The molecule has 4 aromatic rings. The molecule has 7 heteroatoms. The van der Waals surface area contributed by atoms with Crippen LogP contribution < -0.4 is 0 Å². The number of benzene rings is 2. The molecule has 0 aliphatic heterocycles. The highest BCUT2D eigenvalue weighted by atomic mass is 35.5. The molecule has 0 saturated heterocycles. The molecule has 0 atom stereocenters. The first-order valence-corrected chi connectivity index (χ1v) is 10.0. The maximum atomic E-state index is 13.3. The van der Waals surface area contributed by atoms with E-state index in [1.165, 1.54) is 23.9 Å². The van der Waals surface area contributed by atoms with E-state index in [0.717, 1.165) is 27.7 Å². The Morgan fingerprint density at radius 3 is 2.61 bits per heavy atom. The fraction of sp³-hybridized carbons (Fsp3) is 0.0952. The molecule has 0 bridgehead atoms. The molecule has 4 rings (SSSR count). The SMILES string of the molecule is Fc1ccc(CSc2nnc(-c3cccnc3)n2Cc2ccccc2)c(Cl)c1. The third-order valence-corrected chi connectivity index (χ3v) is 5.56. The smallest absolute Gasteiger partial charge is 0.192 e. The van der Waals surface area contributed by atoms with Gasteiger partial charge in [-0.1, -0.05) is 59.8 Å². The average molecular weight is 411 g/mol. The molecule has 4 nitrogen and oxygen atoms in total. The lowest BCUT2D eigenvalue weighted by atomic mass is 10.2. The quantitative estimate of drug-likeness (QED) is 0.395. The predicted octanol–water partition coefficient (Wildman–Crippen LogP) is 5.47. The van der Waals surface area contributed by atoms with Crippen LogP contribution in [0.1, 0.15) is 11.1 Å². The molecule has 0 spiro atoms. The average Bonchev–Trinajstić information content (AvgIpc) is 3.11. The van der Waals surface area contributed by atoms with E-state index in [1.54, 1.807) is 18.5 Å². The van der Waals surface area contributed by atoms with Crippen LogP contribution in [0.4, 0.5) is 4.39 Å². The van der Waals surface area contributed by atoms with Gasteiger partial charge in [-0.15, -0.1) is 10.2 Å². The first kappa shape index (κ1) is 18.7. The van der Waals surface area contributed by atoms with Crippen molar-refractivity contribution in [2.75, 3.05) is 0 Å². The summed E-state index contributed by atoms with van der Waals surface area (Å²) in [5.41, 5.74) is 2.90. The topological polar surface area (TPSA) is 43.6 Å². The van der Waals surface area contributed by atoms with Gasteiger partial charge in [-0.05, 0) is 35.4 Å². The predicted molar refractivity (Wildman–Crippen MR) is 110 cm³/mol. The summed E-state index contributed by atoms with van der Waals surface area (Å²) in [6.07, 6.45) is 3.50. The molecular formula is C21H16ClFN4S. The minimum absolute atomic E-state index is 0.343. The number of hydrogen-bond donors (Lipinski definition) is 0. The molecule has 2 heterocycles. The van der Waals surface area contributed by atoms with E-state index < -0.39 is 0 Å². The van der Waals surface area contributed by atoms with E-state index in [-0.39, 0.29) is 5.82 Å². The second-order valence-electron chi connectivity index (χ2n) is 6.14. The highest BCUT2D eigenvalue weighted by Crippen LogP contribution is 2.29. The van der Waals surface area contributed by atoms with Crippen LogP contribution in [0.15, 0.2) is 78.2 Å². The van der Waals surface area contributed by atoms with Gasteiger partial charge < -0.3 is 0 Å². The number of rotatable bonds is 6. The maximum Gasteiger partial charge on any atom is 0.192 e. The summed E-state index contributed by atoms with van der Waals surface area (Å²) in [5.74, 6) is 0.980. The minimum Gasteiger partial charge on any atom is -0.297 e. The van der Waals surface area contributed by atoms with Gasteiger partial charge in [0.05, 0.1) is 6.54 Å². The molecule has 0 aliphatic carbocycles. The van der Waals surface area contributed by atoms with Crippen molar-refractivity contribution in [3.05, 3.63) is 95.0 Å². The fourth-order valence-electron chi connectivity index (χ4n) is 2.79. The van der Waals surface area contributed by atoms with Crippen LogP contribution in [0.2, 0.25) is 5.02 Å². The molecule has 0 saturated carbocycles. The van der Waals surface area contributed by atoms with Gasteiger partial charge in [0.2, 0.25) is 0 Å². The Labute approximate surface area is 171 Å². The van der Waals surface area contributed by atoms with Crippen molar-refractivity contribution in [1.82, 2.24) is 19.7 Å². The van der Waals surface area contributed by atoms with Crippen molar-refractivity contribution in [1.29, 1.82) is 0 Å². The third-order valence-electron chi connectivity index (χ3n) is 4.19. The second kappa shape index (κ2) is 8.54. The molecule has 0 fully saturated rings. The molecule has 0 N–H and O–H groups in total. The van der Waals surface area contributed by atoms with Crippen LogP contribution in [0.25, 0.3) is 11.4 Å². The molecule has 0 amide bonds. The van der Waals surface area contributed by atoms with Crippen molar-refractivity contribution in [3.63, 3.8) is 0 Å². The van der Waals surface area contributed by atoms with E-state index in [9.17, 15) is 4.39 Å². The maximum absolute atomic E-state index is 13.3. The Bertz CT molecular complexity index is 1070. The number of halogens is 2. The fourth-order valence-corrected chi connectivity index (χ4v) is 4.05. The lowest BCUT2D eigenvalue weighted by Gasteiger charge is -2.11. The summed E-state index contributed by atoms with van der Waals surface area (Å²) in [6.45, 7) is 0.636. The zero-order valence-corrected chi connectivity index (χ0v) is 16.4. The Balaban J connectivity index is 1.65. The van der Waals surface area contributed by atoms with Crippen LogP contribution >= 0.6 is 23.4 Å². The first-order valence-electron chi connectivity index (χ1n) is 8.65. The van der Waals surface area contributed by atoms with Gasteiger partial charge in [0.15, 0.2) is 11.0 Å². The number of pyridine rings is 1. The standard InChI is InChI=1S/C21H16ClFN4S/c22-19-11-18(23)9-8-17(19)14-28-21-26-25-20(16-7-4-10-24-12-16)27(21)13-15-5-2-1-3-6-15/h1-12H,13-14H2. The van der Waals surface area contributed by atoms with Crippen LogP contribution in [0, 0.1) is 5.82 Å². The summed E-state index contributed by atoms with van der Waals surface area (Å²) in [6, 6.07) is 18.4. The molecule has 2 aromatic heterocycles. The molecular weight excluding hydrogens is 395 g/mol. The highest BCUT2D eigenvalue weighted by Gasteiger charge is 2.16. The van der Waals surface area contributed by atoms with Gasteiger partial charge in [0.1, 0.15) is 5.82 Å². The molecule has 0 unspecified atom stereocenters. The summed E-state index contributed by atoms with van der Waals surface area (Å²) in [7, 11) is 0.